The van der Waals surface area contributed by atoms with Crippen molar-refractivity contribution in [3.05, 3.63) is 48.6 Å². The van der Waals surface area contributed by atoms with Crippen molar-refractivity contribution in [3.8, 4) is 0 Å². The number of hydrogen-bond donors (Lipinski definition) is 0. The molecule has 0 N–H and O–H groups in total. The summed E-state index contributed by atoms with van der Waals surface area (Å²) in [6, 6.07) is 0. The third kappa shape index (κ3) is 6.47. The van der Waals surface area contributed by atoms with Gasteiger partial charge in [-0.2, -0.15) is 0 Å². The Morgan fingerprint density at radius 1 is 0.500 bits per heavy atom. The van der Waals surface area contributed by atoms with Crippen LogP contribution in [0.2, 0.25) is 0 Å². The first-order valence-electron chi connectivity index (χ1n) is 5.62. The Kier molecular flexibility index (Phi) is 6.74. The van der Waals surface area contributed by atoms with Crippen molar-refractivity contribution < 1.29 is 0 Å². The lowest BCUT2D eigenvalue weighted by Crippen LogP contribution is -1.73. The van der Waals surface area contributed by atoms with Crippen molar-refractivity contribution >= 4 is 0 Å². The predicted octanol–water partition coefficient (Wildman–Crippen LogP) is 4.57. The molecular formula is C14H20. The lowest BCUT2D eigenvalue weighted by molar-refractivity contribution is 0.760. The van der Waals surface area contributed by atoms with Crippen LogP contribution < -0.4 is 0 Å². The molecule has 0 radical (unpaired) electrons. The van der Waals surface area contributed by atoms with Gasteiger partial charge in [-0.25, -0.2) is 0 Å². The topological polar surface area (TPSA) is 0 Å². The first kappa shape index (κ1) is 11.0. The predicted molar refractivity (Wildman–Crippen MR) is 64.3 cm³/mol. The van der Waals surface area contributed by atoms with Crippen molar-refractivity contribution in [2.24, 2.45) is 0 Å². The minimum atomic E-state index is 1.07. The molecule has 14 heavy (non-hydrogen) atoms. The molecule has 0 heteroatoms. The lowest BCUT2D eigenvalue weighted by Gasteiger charge is -1.93. The van der Waals surface area contributed by atoms with Gasteiger partial charge in [0.25, 0.3) is 0 Å². The zero-order valence-corrected chi connectivity index (χ0v) is 8.86. The molecule has 1 aliphatic carbocycles. The van der Waals surface area contributed by atoms with Gasteiger partial charge in [-0.3, -0.25) is 0 Å². The summed E-state index contributed by atoms with van der Waals surface area (Å²) in [7, 11) is 0. The number of hydrogen-bond acceptors (Lipinski definition) is 0. The summed E-state index contributed by atoms with van der Waals surface area (Å²) in [5, 5.41) is 0. The number of allylic oxidation sites excluding steroid dienone is 8. The SMILES string of the molecule is C1=CCCCC/C=C/C/C=C/C=C\C1. The molecular weight excluding hydrogens is 168 g/mol. The highest BCUT2D eigenvalue weighted by molar-refractivity contribution is 5.06. The van der Waals surface area contributed by atoms with Gasteiger partial charge < -0.3 is 0 Å². The summed E-state index contributed by atoms with van der Waals surface area (Å²) >= 11 is 0. The molecule has 0 saturated heterocycles. The molecule has 0 amide bonds. The van der Waals surface area contributed by atoms with Crippen molar-refractivity contribution in [2.75, 3.05) is 0 Å². The standard InChI is InChI=1S/C14H20/c1-2-4-6-8-10-12-14-13-11-9-7-5-3-1/h1-4,7-10H,5-6,11-14H2/b3-1-,4-2+,9-7?,10-8+. The molecule has 76 valence electrons. The van der Waals surface area contributed by atoms with Gasteiger partial charge in [0.1, 0.15) is 0 Å². The zero-order valence-electron chi connectivity index (χ0n) is 8.86. The molecule has 0 unspecified atom stereocenters. The molecule has 1 aliphatic rings. The van der Waals surface area contributed by atoms with E-state index >= 15 is 0 Å². The largest absolute Gasteiger partial charge is 0.0882 e. The van der Waals surface area contributed by atoms with Crippen molar-refractivity contribution in [3.63, 3.8) is 0 Å². The molecule has 0 heterocycles. The Morgan fingerprint density at radius 2 is 1.00 bits per heavy atom. The molecule has 0 atom stereocenters. The van der Waals surface area contributed by atoms with Gasteiger partial charge in [0.15, 0.2) is 0 Å². The van der Waals surface area contributed by atoms with E-state index in [4.69, 9.17) is 0 Å². The third-order valence-corrected chi connectivity index (χ3v) is 2.25. The van der Waals surface area contributed by atoms with E-state index < -0.39 is 0 Å². The van der Waals surface area contributed by atoms with Crippen LogP contribution in [0.1, 0.15) is 38.5 Å². The van der Waals surface area contributed by atoms with E-state index in [9.17, 15) is 0 Å². The van der Waals surface area contributed by atoms with E-state index in [2.05, 4.69) is 48.6 Å². The maximum Gasteiger partial charge on any atom is -0.0166 e. The fourth-order valence-electron chi connectivity index (χ4n) is 1.42. The normalized spacial score (nSPS) is 26.3. The minimum absolute atomic E-state index is 1.07. The van der Waals surface area contributed by atoms with Crippen LogP contribution in [0.15, 0.2) is 48.6 Å². The Balaban J connectivity index is 2.35. The maximum absolute atomic E-state index is 2.30. The van der Waals surface area contributed by atoms with Gasteiger partial charge in [-0.1, -0.05) is 48.6 Å². The molecule has 0 bridgehead atoms. The molecule has 0 nitrogen and oxygen atoms in total. The van der Waals surface area contributed by atoms with Crippen molar-refractivity contribution in [1.82, 2.24) is 0 Å². The fraction of sp³-hybridized carbons (Fsp3) is 0.429. The maximum atomic E-state index is 2.30. The van der Waals surface area contributed by atoms with E-state index in [1.807, 2.05) is 0 Å². The summed E-state index contributed by atoms with van der Waals surface area (Å²) in [6.07, 6.45) is 25.0. The molecule has 0 aliphatic heterocycles. The van der Waals surface area contributed by atoms with E-state index in [-0.39, 0.29) is 0 Å². The highest BCUT2D eigenvalue weighted by Crippen LogP contribution is 2.03. The van der Waals surface area contributed by atoms with Crippen molar-refractivity contribution in [1.29, 1.82) is 0 Å². The monoisotopic (exact) mass is 188 g/mol. The van der Waals surface area contributed by atoms with Crippen LogP contribution in [0.4, 0.5) is 0 Å². The second-order valence-electron chi connectivity index (χ2n) is 3.55. The average Bonchev–Trinajstić information content (AvgIpc) is 2.22. The molecule has 0 spiro atoms. The highest BCUT2D eigenvalue weighted by Gasteiger charge is 1.83. The molecule has 0 fully saturated rings. The molecule has 0 aromatic heterocycles. The molecule has 0 aromatic rings. The molecule has 0 saturated carbocycles. The average molecular weight is 188 g/mol. The van der Waals surface area contributed by atoms with Gasteiger partial charge in [-0.15, -0.1) is 0 Å². The summed E-state index contributed by atoms with van der Waals surface area (Å²) in [5.74, 6) is 0. The molecule has 0 aromatic carbocycles. The van der Waals surface area contributed by atoms with E-state index in [0.29, 0.717) is 0 Å². The van der Waals surface area contributed by atoms with Gasteiger partial charge in [0.2, 0.25) is 0 Å². The van der Waals surface area contributed by atoms with E-state index in [0.717, 1.165) is 12.8 Å². The van der Waals surface area contributed by atoms with E-state index in [1.165, 1.54) is 25.7 Å². The second-order valence-corrected chi connectivity index (χ2v) is 3.55. The van der Waals surface area contributed by atoms with E-state index in [1.54, 1.807) is 0 Å². The number of rotatable bonds is 0. The van der Waals surface area contributed by atoms with Crippen LogP contribution in [-0.4, -0.2) is 0 Å². The fourth-order valence-corrected chi connectivity index (χ4v) is 1.42. The highest BCUT2D eigenvalue weighted by atomic mass is 13.9. The minimum Gasteiger partial charge on any atom is -0.0882 e. The van der Waals surface area contributed by atoms with Crippen molar-refractivity contribution in [2.45, 2.75) is 38.5 Å². The molecule has 1 rings (SSSR count). The zero-order chi connectivity index (χ0) is 9.90. The summed E-state index contributed by atoms with van der Waals surface area (Å²) in [6.45, 7) is 0. The Bertz CT molecular complexity index is 202. The quantitative estimate of drug-likeness (QED) is 0.489. The van der Waals surface area contributed by atoms with Crippen LogP contribution in [0.3, 0.4) is 0 Å². The van der Waals surface area contributed by atoms with Crippen LogP contribution in [0, 0.1) is 0 Å². The Morgan fingerprint density at radius 3 is 1.50 bits per heavy atom. The smallest absolute Gasteiger partial charge is 0.0166 e. The van der Waals surface area contributed by atoms with Crippen LogP contribution in [0.5, 0.6) is 0 Å². The lowest BCUT2D eigenvalue weighted by atomic mass is 10.1. The Labute approximate surface area is 87.7 Å². The van der Waals surface area contributed by atoms with Gasteiger partial charge in [-0.05, 0) is 38.5 Å². The first-order valence-corrected chi connectivity index (χ1v) is 5.62. The third-order valence-electron chi connectivity index (χ3n) is 2.25. The summed E-state index contributed by atoms with van der Waals surface area (Å²) < 4.78 is 0. The Hall–Kier alpha value is -1.04. The summed E-state index contributed by atoms with van der Waals surface area (Å²) in [5.41, 5.74) is 0. The van der Waals surface area contributed by atoms with Crippen LogP contribution in [-0.2, 0) is 0 Å². The first-order chi connectivity index (χ1) is 7.00. The summed E-state index contributed by atoms with van der Waals surface area (Å²) in [4.78, 5) is 0. The van der Waals surface area contributed by atoms with Crippen LogP contribution >= 0.6 is 0 Å². The van der Waals surface area contributed by atoms with Gasteiger partial charge in [0, 0.05) is 0 Å². The second kappa shape index (κ2) is 8.55. The van der Waals surface area contributed by atoms with Crippen LogP contribution in [0.25, 0.3) is 0 Å². The van der Waals surface area contributed by atoms with Gasteiger partial charge >= 0.3 is 0 Å². The van der Waals surface area contributed by atoms with Gasteiger partial charge in [0.05, 0.1) is 0 Å².